The first-order valence-corrected chi connectivity index (χ1v) is 18.1. The molecule has 0 unspecified atom stereocenters. The first-order valence-electron chi connectivity index (χ1n) is 18.1. The molecule has 9 aromatic rings. The first kappa shape index (κ1) is 29.6. The fraction of sp³-hybridized carbons (Fsp3) is 0.0208. The minimum atomic E-state index is 0.826. The number of pyridine rings is 1. The number of fused-ring (bicyclic) bond motifs is 9. The number of hydrogen-bond donors (Lipinski definition) is 2. The predicted molar refractivity (Wildman–Crippen MR) is 219 cm³/mol. The van der Waals surface area contributed by atoms with Crippen LogP contribution in [-0.4, -0.2) is 21.1 Å². The Labute approximate surface area is 307 Å². The summed E-state index contributed by atoms with van der Waals surface area (Å²) in [4.78, 5) is 10.6. The standard InChI is InChI=1S/C48H33N5/c1-5-15-42-37(11-1)36(25-27-50-42)33-20-19-32-29-35(22-21-31(32)28-33)52-43-16-6-2-12-38(43)47-39-13-3-7-17-44(39)53(48(47)40-14-4-8-18-45(40)52)46-24-23-41(51-46)34-10-9-26-49-30-34/h1-26,28-30,50-51H,27H2. The van der Waals surface area contributed by atoms with E-state index in [4.69, 9.17) is 0 Å². The highest BCUT2D eigenvalue weighted by molar-refractivity contribution is 6.13. The summed E-state index contributed by atoms with van der Waals surface area (Å²) in [5.41, 5.74) is 16.3. The van der Waals surface area contributed by atoms with Gasteiger partial charge in [0.2, 0.25) is 0 Å². The third-order valence-electron chi connectivity index (χ3n) is 10.8. The van der Waals surface area contributed by atoms with Crippen molar-refractivity contribution in [2.75, 3.05) is 16.8 Å². The summed E-state index contributed by atoms with van der Waals surface area (Å²) in [7, 11) is 0. The van der Waals surface area contributed by atoms with Crippen molar-refractivity contribution < 1.29 is 0 Å². The zero-order valence-electron chi connectivity index (χ0n) is 28.8. The Hall–Kier alpha value is -7.11. The smallest absolute Gasteiger partial charge is 0.115 e. The lowest BCUT2D eigenvalue weighted by Gasteiger charge is -2.28. The highest BCUT2D eigenvalue weighted by Crippen LogP contribution is 2.54. The molecule has 2 N–H and O–H groups in total. The number of para-hydroxylation sites is 4. The van der Waals surface area contributed by atoms with Crippen LogP contribution in [0.3, 0.4) is 0 Å². The van der Waals surface area contributed by atoms with Crippen LogP contribution in [0.5, 0.6) is 0 Å². The molecule has 0 radical (unpaired) electrons. The number of rotatable bonds is 4. The predicted octanol–water partition coefficient (Wildman–Crippen LogP) is 12.1. The van der Waals surface area contributed by atoms with Gasteiger partial charge in [0.15, 0.2) is 0 Å². The third-order valence-corrected chi connectivity index (χ3v) is 10.8. The maximum absolute atomic E-state index is 4.37. The van der Waals surface area contributed by atoms with Gasteiger partial charge in [0.05, 0.1) is 22.6 Å². The Bertz CT molecular complexity index is 2910. The lowest BCUT2D eigenvalue weighted by Crippen LogP contribution is -2.11. The van der Waals surface area contributed by atoms with Crippen molar-refractivity contribution in [1.29, 1.82) is 0 Å². The summed E-state index contributed by atoms with van der Waals surface area (Å²) in [5, 5.41) is 7.15. The average molecular weight is 680 g/mol. The molecular formula is C48H33N5. The SMILES string of the molecule is C1=C(c2ccc3cc(N4c5ccccc5-c5c(n(-c6ccc(-c7cccnc7)[nH]6)c6ccccc56)-c5ccccc54)ccc3c2)c2ccccc2NC1. The summed E-state index contributed by atoms with van der Waals surface area (Å²) in [6, 6.07) is 57.2. The number of hydrogen-bond acceptors (Lipinski definition) is 3. The monoisotopic (exact) mass is 679 g/mol. The molecule has 2 aliphatic heterocycles. The van der Waals surface area contributed by atoms with E-state index in [0.29, 0.717) is 0 Å². The molecule has 250 valence electrons. The summed E-state index contributed by atoms with van der Waals surface area (Å²) in [6.07, 6.45) is 6.01. The van der Waals surface area contributed by atoms with Gasteiger partial charge in [0, 0.05) is 69.2 Å². The van der Waals surface area contributed by atoms with Gasteiger partial charge in [-0.2, -0.15) is 0 Å². The molecular weight excluding hydrogens is 647 g/mol. The quantitative estimate of drug-likeness (QED) is 0.195. The van der Waals surface area contributed by atoms with Crippen LogP contribution in [-0.2, 0) is 0 Å². The molecule has 0 fully saturated rings. The lowest BCUT2D eigenvalue weighted by atomic mass is 9.92. The second-order valence-electron chi connectivity index (χ2n) is 13.7. The van der Waals surface area contributed by atoms with Gasteiger partial charge >= 0.3 is 0 Å². The molecule has 3 aromatic heterocycles. The zero-order chi connectivity index (χ0) is 34.9. The lowest BCUT2D eigenvalue weighted by molar-refractivity contribution is 1.07. The van der Waals surface area contributed by atoms with Crippen LogP contribution in [0, 0.1) is 0 Å². The van der Waals surface area contributed by atoms with E-state index >= 15 is 0 Å². The molecule has 2 aliphatic rings. The van der Waals surface area contributed by atoms with Crippen molar-refractivity contribution in [3.63, 3.8) is 0 Å². The highest BCUT2D eigenvalue weighted by Gasteiger charge is 2.31. The first-order chi connectivity index (χ1) is 26.3. The second kappa shape index (κ2) is 11.7. The van der Waals surface area contributed by atoms with Crippen molar-refractivity contribution in [2.45, 2.75) is 0 Å². The van der Waals surface area contributed by atoms with Crippen LogP contribution < -0.4 is 10.2 Å². The second-order valence-corrected chi connectivity index (χ2v) is 13.7. The highest BCUT2D eigenvalue weighted by atomic mass is 15.2. The zero-order valence-corrected chi connectivity index (χ0v) is 28.8. The fourth-order valence-electron chi connectivity index (χ4n) is 8.44. The Morgan fingerprint density at radius 2 is 1.34 bits per heavy atom. The molecule has 0 spiro atoms. The molecule has 0 aliphatic carbocycles. The van der Waals surface area contributed by atoms with Gasteiger partial charge in [-0.15, -0.1) is 0 Å². The van der Waals surface area contributed by atoms with E-state index in [0.717, 1.165) is 51.9 Å². The van der Waals surface area contributed by atoms with E-state index in [1.54, 1.807) is 0 Å². The number of H-pyrrole nitrogens is 1. The molecule has 5 heterocycles. The summed E-state index contributed by atoms with van der Waals surface area (Å²) < 4.78 is 2.40. The van der Waals surface area contributed by atoms with Crippen LogP contribution in [0.2, 0.25) is 0 Å². The van der Waals surface area contributed by atoms with Crippen molar-refractivity contribution in [2.24, 2.45) is 0 Å². The van der Waals surface area contributed by atoms with E-state index in [1.165, 1.54) is 55.2 Å². The van der Waals surface area contributed by atoms with E-state index in [9.17, 15) is 0 Å². The molecule has 53 heavy (non-hydrogen) atoms. The maximum Gasteiger partial charge on any atom is 0.115 e. The van der Waals surface area contributed by atoms with E-state index < -0.39 is 0 Å². The molecule has 0 bridgehead atoms. The normalized spacial score (nSPS) is 13.1. The molecule has 5 nitrogen and oxygen atoms in total. The number of benzene rings is 6. The Morgan fingerprint density at radius 1 is 0.585 bits per heavy atom. The number of nitrogens with one attached hydrogen (secondary N) is 2. The number of aromatic amines is 1. The van der Waals surface area contributed by atoms with Crippen LogP contribution in [0.25, 0.3) is 66.7 Å². The molecule has 0 atom stereocenters. The van der Waals surface area contributed by atoms with E-state index in [2.05, 4.69) is 182 Å². The molecule has 6 aromatic carbocycles. The van der Waals surface area contributed by atoms with Gasteiger partial charge in [-0.25, -0.2) is 0 Å². The molecule has 0 amide bonds. The van der Waals surface area contributed by atoms with Gasteiger partial charge < -0.3 is 15.2 Å². The van der Waals surface area contributed by atoms with Gasteiger partial charge in [-0.05, 0) is 88.6 Å². The van der Waals surface area contributed by atoms with Crippen molar-refractivity contribution >= 4 is 50.0 Å². The minimum absolute atomic E-state index is 0.826. The number of aromatic nitrogens is 3. The van der Waals surface area contributed by atoms with Crippen LogP contribution in [0.4, 0.5) is 22.7 Å². The van der Waals surface area contributed by atoms with E-state index in [-0.39, 0.29) is 0 Å². The minimum Gasteiger partial charge on any atom is -0.381 e. The number of anilines is 4. The van der Waals surface area contributed by atoms with E-state index in [1.807, 2.05) is 18.5 Å². The van der Waals surface area contributed by atoms with Gasteiger partial charge in [0.25, 0.3) is 0 Å². The average Bonchev–Trinajstić information content (AvgIpc) is 3.82. The summed E-state index contributed by atoms with van der Waals surface area (Å²) >= 11 is 0. The topological polar surface area (TPSA) is 48.9 Å². The van der Waals surface area contributed by atoms with Gasteiger partial charge in [-0.1, -0.05) is 97.1 Å². The van der Waals surface area contributed by atoms with Crippen molar-refractivity contribution in [3.05, 3.63) is 187 Å². The summed E-state index contributed by atoms with van der Waals surface area (Å²) in [6.45, 7) is 0.826. The number of nitrogens with zero attached hydrogens (tertiary/aromatic N) is 3. The van der Waals surface area contributed by atoms with Gasteiger partial charge in [-0.3, -0.25) is 9.55 Å². The Kier molecular flexibility index (Phi) is 6.55. The van der Waals surface area contributed by atoms with Crippen LogP contribution in [0.15, 0.2) is 176 Å². The maximum atomic E-state index is 4.37. The van der Waals surface area contributed by atoms with Crippen LogP contribution >= 0.6 is 0 Å². The van der Waals surface area contributed by atoms with Crippen LogP contribution in [0.1, 0.15) is 11.1 Å². The Balaban J connectivity index is 1.10. The molecule has 5 heteroatoms. The van der Waals surface area contributed by atoms with Crippen molar-refractivity contribution in [1.82, 2.24) is 14.5 Å². The van der Waals surface area contributed by atoms with Gasteiger partial charge in [0.1, 0.15) is 5.82 Å². The molecule has 11 rings (SSSR count). The fourth-order valence-corrected chi connectivity index (χ4v) is 8.44. The molecule has 0 saturated carbocycles. The van der Waals surface area contributed by atoms with Crippen molar-refractivity contribution in [3.8, 4) is 39.5 Å². The largest absolute Gasteiger partial charge is 0.381 e. The third kappa shape index (κ3) is 4.61. The molecule has 0 saturated heterocycles. The Morgan fingerprint density at radius 3 is 2.23 bits per heavy atom. The summed E-state index contributed by atoms with van der Waals surface area (Å²) in [5.74, 6) is 1.01.